The van der Waals surface area contributed by atoms with Gasteiger partial charge in [0, 0.05) is 6.54 Å². The van der Waals surface area contributed by atoms with Gasteiger partial charge in [0.15, 0.2) is 0 Å². The van der Waals surface area contributed by atoms with Crippen LogP contribution in [0.2, 0.25) is 0 Å². The monoisotopic (exact) mass is 223 g/mol. The summed E-state index contributed by atoms with van der Waals surface area (Å²) in [6, 6.07) is 9.56. The van der Waals surface area contributed by atoms with E-state index in [1.54, 1.807) is 6.92 Å². The predicted molar refractivity (Wildman–Crippen MR) is 61.4 cm³/mol. The first-order chi connectivity index (χ1) is 7.83. The van der Waals surface area contributed by atoms with Crippen molar-refractivity contribution in [2.75, 3.05) is 26.3 Å². The third-order valence-corrected chi connectivity index (χ3v) is 1.87. The van der Waals surface area contributed by atoms with E-state index in [9.17, 15) is 4.79 Å². The molecule has 0 radical (unpaired) electrons. The summed E-state index contributed by atoms with van der Waals surface area (Å²) in [5.74, 6) is 0.600. The summed E-state index contributed by atoms with van der Waals surface area (Å²) in [7, 11) is 0. The van der Waals surface area contributed by atoms with Crippen LogP contribution in [0.5, 0.6) is 5.75 Å². The zero-order chi connectivity index (χ0) is 11.6. The minimum absolute atomic E-state index is 0.228. The molecule has 0 aliphatic carbocycles. The van der Waals surface area contributed by atoms with Crippen LogP contribution in [0.4, 0.5) is 0 Å². The Balaban J connectivity index is 2.02. The Morgan fingerprint density at radius 2 is 2.06 bits per heavy atom. The number of benzene rings is 1. The van der Waals surface area contributed by atoms with Gasteiger partial charge in [0.25, 0.3) is 0 Å². The number of esters is 1. The second-order valence-corrected chi connectivity index (χ2v) is 3.14. The van der Waals surface area contributed by atoms with Crippen LogP contribution in [0.15, 0.2) is 30.3 Å². The second-order valence-electron chi connectivity index (χ2n) is 3.14. The van der Waals surface area contributed by atoms with Crippen molar-refractivity contribution in [1.82, 2.24) is 5.32 Å². The SMILES string of the molecule is CCOC(=O)CNCCOc1ccccc1. The number of carbonyl (C=O) groups is 1. The molecule has 1 aromatic rings. The fraction of sp³-hybridized carbons (Fsp3) is 0.417. The summed E-state index contributed by atoms with van der Waals surface area (Å²) in [6.07, 6.45) is 0. The van der Waals surface area contributed by atoms with E-state index in [1.807, 2.05) is 30.3 Å². The third kappa shape index (κ3) is 5.36. The highest BCUT2D eigenvalue weighted by atomic mass is 16.5. The smallest absolute Gasteiger partial charge is 0.319 e. The standard InChI is InChI=1S/C12H17NO3/c1-2-15-12(14)10-13-8-9-16-11-6-4-3-5-7-11/h3-7,13H,2,8-10H2,1H3. The lowest BCUT2D eigenvalue weighted by atomic mass is 10.3. The van der Waals surface area contributed by atoms with Crippen molar-refractivity contribution in [3.8, 4) is 5.75 Å². The van der Waals surface area contributed by atoms with Crippen LogP contribution in [0.3, 0.4) is 0 Å². The first-order valence-corrected chi connectivity index (χ1v) is 5.37. The fourth-order valence-electron chi connectivity index (χ4n) is 1.16. The Morgan fingerprint density at radius 3 is 2.75 bits per heavy atom. The highest BCUT2D eigenvalue weighted by Crippen LogP contribution is 2.07. The van der Waals surface area contributed by atoms with Gasteiger partial charge in [0.05, 0.1) is 13.2 Å². The van der Waals surface area contributed by atoms with E-state index in [0.717, 1.165) is 5.75 Å². The fourth-order valence-corrected chi connectivity index (χ4v) is 1.16. The summed E-state index contributed by atoms with van der Waals surface area (Å²) >= 11 is 0. The van der Waals surface area contributed by atoms with Gasteiger partial charge in [-0.15, -0.1) is 0 Å². The van der Waals surface area contributed by atoms with E-state index in [2.05, 4.69) is 5.32 Å². The zero-order valence-corrected chi connectivity index (χ0v) is 9.44. The summed E-state index contributed by atoms with van der Waals surface area (Å²) in [6.45, 7) is 3.58. The number of carbonyl (C=O) groups excluding carboxylic acids is 1. The maximum atomic E-state index is 11.0. The molecule has 0 aliphatic rings. The second kappa shape index (κ2) is 7.70. The number of hydrogen-bond donors (Lipinski definition) is 1. The van der Waals surface area contributed by atoms with Crippen molar-refractivity contribution in [3.05, 3.63) is 30.3 Å². The van der Waals surface area contributed by atoms with Crippen molar-refractivity contribution in [2.24, 2.45) is 0 Å². The molecule has 0 saturated heterocycles. The molecular weight excluding hydrogens is 206 g/mol. The maximum Gasteiger partial charge on any atom is 0.319 e. The van der Waals surface area contributed by atoms with Crippen LogP contribution in [-0.2, 0) is 9.53 Å². The van der Waals surface area contributed by atoms with Gasteiger partial charge in [-0.1, -0.05) is 18.2 Å². The van der Waals surface area contributed by atoms with Gasteiger partial charge in [-0.2, -0.15) is 0 Å². The number of para-hydroxylation sites is 1. The average molecular weight is 223 g/mol. The Bertz CT molecular complexity index is 300. The van der Waals surface area contributed by atoms with E-state index in [0.29, 0.717) is 19.8 Å². The Morgan fingerprint density at radius 1 is 1.31 bits per heavy atom. The molecule has 16 heavy (non-hydrogen) atoms. The number of hydrogen-bond acceptors (Lipinski definition) is 4. The van der Waals surface area contributed by atoms with Gasteiger partial charge in [-0.25, -0.2) is 0 Å². The molecule has 1 aromatic carbocycles. The maximum absolute atomic E-state index is 11.0. The first kappa shape index (κ1) is 12.5. The molecule has 4 nitrogen and oxygen atoms in total. The quantitative estimate of drug-likeness (QED) is 0.557. The lowest BCUT2D eigenvalue weighted by molar-refractivity contribution is -0.142. The molecule has 0 amide bonds. The molecule has 0 aliphatic heterocycles. The summed E-state index contributed by atoms with van der Waals surface area (Å²) in [4.78, 5) is 11.0. The largest absolute Gasteiger partial charge is 0.492 e. The normalized spacial score (nSPS) is 9.81. The molecule has 1 rings (SSSR count). The summed E-state index contributed by atoms with van der Waals surface area (Å²) in [5, 5.41) is 2.94. The van der Waals surface area contributed by atoms with Gasteiger partial charge >= 0.3 is 5.97 Å². The van der Waals surface area contributed by atoms with Crippen LogP contribution in [0, 0.1) is 0 Å². The topological polar surface area (TPSA) is 47.6 Å². The molecular formula is C12H17NO3. The van der Waals surface area contributed by atoms with E-state index >= 15 is 0 Å². The van der Waals surface area contributed by atoms with Gasteiger partial charge in [-0.05, 0) is 19.1 Å². The van der Waals surface area contributed by atoms with Crippen molar-refractivity contribution in [1.29, 1.82) is 0 Å². The van der Waals surface area contributed by atoms with Crippen molar-refractivity contribution >= 4 is 5.97 Å². The van der Waals surface area contributed by atoms with Crippen LogP contribution in [0.25, 0.3) is 0 Å². The molecule has 0 aromatic heterocycles. The molecule has 0 bridgehead atoms. The van der Waals surface area contributed by atoms with E-state index in [1.165, 1.54) is 0 Å². The Kier molecular flexibility index (Phi) is 6.03. The van der Waals surface area contributed by atoms with E-state index in [-0.39, 0.29) is 12.5 Å². The van der Waals surface area contributed by atoms with Crippen LogP contribution < -0.4 is 10.1 Å². The van der Waals surface area contributed by atoms with Crippen LogP contribution in [-0.4, -0.2) is 32.3 Å². The van der Waals surface area contributed by atoms with Gasteiger partial charge in [0.2, 0.25) is 0 Å². The molecule has 0 unspecified atom stereocenters. The van der Waals surface area contributed by atoms with Crippen molar-refractivity contribution < 1.29 is 14.3 Å². The first-order valence-electron chi connectivity index (χ1n) is 5.37. The molecule has 88 valence electrons. The highest BCUT2D eigenvalue weighted by molar-refractivity contribution is 5.71. The molecule has 0 fully saturated rings. The minimum atomic E-state index is -0.234. The molecule has 0 saturated carbocycles. The molecule has 1 N–H and O–H groups in total. The minimum Gasteiger partial charge on any atom is -0.492 e. The molecule has 0 heterocycles. The van der Waals surface area contributed by atoms with E-state index < -0.39 is 0 Å². The summed E-state index contributed by atoms with van der Waals surface area (Å²) in [5.41, 5.74) is 0. The lowest BCUT2D eigenvalue weighted by Gasteiger charge is -2.06. The van der Waals surface area contributed by atoms with Crippen LogP contribution in [0.1, 0.15) is 6.92 Å². The summed E-state index contributed by atoms with van der Waals surface area (Å²) < 4.78 is 10.2. The molecule has 4 heteroatoms. The Labute approximate surface area is 95.6 Å². The zero-order valence-electron chi connectivity index (χ0n) is 9.44. The molecule has 0 atom stereocenters. The highest BCUT2D eigenvalue weighted by Gasteiger charge is 1.99. The van der Waals surface area contributed by atoms with Gasteiger partial charge in [-0.3, -0.25) is 4.79 Å². The number of rotatable bonds is 7. The third-order valence-electron chi connectivity index (χ3n) is 1.87. The lowest BCUT2D eigenvalue weighted by Crippen LogP contribution is -2.28. The van der Waals surface area contributed by atoms with E-state index in [4.69, 9.17) is 9.47 Å². The van der Waals surface area contributed by atoms with Gasteiger partial charge in [0.1, 0.15) is 12.4 Å². The van der Waals surface area contributed by atoms with Crippen LogP contribution >= 0.6 is 0 Å². The van der Waals surface area contributed by atoms with Crippen molar-refractivity contribution in [3.63, 3.8) is 0 Å². The number of nitrogens with one attached hydrogen (secondary N) is 1. The average Bonchev–Trinajstić information content (AvgIpc) is 2.30. The van der Waals surface area contributed by atoms with Crippen molar-refractivity contribution in [2.45, 2.75) is 6.92 Å². The Hall–Kier alpha value is -1.55. The predicted octanol–water partition coefficient (Wildman–Crippen LogP) is 1.22. The van der Waals surface area contributed by atoms with Gasteiger partial charge < -0.3 is 14.8 Å². The number of ether oxygens (including phenoxy) is 2. The molecule has 0 spiro atoms.